The van der Waals surface area contributed by atoms with Gasteiger partial charge in [0.2, 0.25) is 5.91 Å². The van der Waals surface area contributed by atoms with Gasteiger partial charge in [-0.05, 0) is 49.5 Å². The SMILES string of the molecule is CCN1CCCC1CNC(=O)CC(C)c1ccc(N)cc1. The summed E-state index contributed by atoms with van der Waals surface area (Å²) >= 11 is 0. The summed E-state index contributed by atoms with van der Waals surface area (Å²) in [7, 11) is 0. The minimum Gasteiger partial charge on any atom is -0.399 e. The van der Waals surface area contributed by atoms with E-state index in [1.807, 2.05) is 24.3 Å². The van der Waals surface area contributed by atoms with Crippen LogP contribution in [0, 0.1) is 0 Å². The van der Waals surface area contributed by atoms with Gasteiger partial charge in [0.25, 0.3) is 0 Å². The molecule has 21 heavy (non-hydrogen) atoms. The van der Waals surface area contributed by atoms with E-state index in [1.165, 1.54) is 19.4 Å². The number of hydrogen-bond donors (Lipinski definition) is 2. The van der Waals surface area contributed by atoms with E-state index < -0.39 is 0 Å². The number of anilines is 1. The molecular weight excluding hydrogens is 262 g/mol. The second-order valence-corrected chi connectivity index (χ2v) is 6.00. The van der Waals surface area contributed by atoms with Crippen LogP contribution in [0.15, 0.2) is 24.3 Å². The van der Waals surface area contributed by atoms with Gasteiger partial charge in [-0.3, -0.25) is 9.69 Å². The average molecular weight is 289 g/mol. The number of nitrogens with two attached hydrogens (primary N) is 1. The van der Waals surface area contributed by atoms with Crippen LogP contribution in [0.5, 0.6) is 0 Å². The van der Waals surface area contributed by atoms with E-state index in [4.69, 9.17) is 5.73 Å². The van der Waals surface area contributed by atoms with E-state index in [0.29, 0.717) is 12.5 Å². The maximum Gasteiger partial charge on any atom is 0.220 e. The van der Waals surface area contributed by atoms with Gasteiger partial charge in [0.15, 0.2) is 0 Å². The lowest BCUT2D eigenvalue weighted by atomic mass is 9.97. The molecule has 4 heteroatoms. The fourth-order valence-electron chi connectivity index (χ4n) is 3.07. The first-order chi connectivity index (χ1) is 10.1. The zero-order chi connectivity index (χ0) is 15.2. The number of carbonyl (C=O) groups excluding carboxylic acids is 1. The van der Waals surface area contributed by atoms with Crippen LogP contribution in [0.1, 0.15) is 44.6 Å². The van der Waals surface area contributed by atoms with Gasteiger partial charge in [-0.25, -0.2) is 0 Å². The van der Waals surface area contributed by atoms with E-state index in [2.05, 4.69) is 24.1 Å². The Kier molecular flexibility index (Phi) is 5.62. The number of nitrogens with one attached hydrogen (secondary N) is 1. The molecule has 1 saturated heterocycles. The van der Waals surface area contributed by atoms with Crippen molar-refractivity contribution in [2.75, 3.05) is 25.4 Å². The monoisotopic (exact) mass is 289 g/mol. The molecule has 4 nitrogen and oxygen atoms in total. The van der Waals surface area contributed by atoms with Gasteiger partial charge in [-0.1, -0.05) is 26.0 Å². The minimum absolute atomic E-state index is 0.141. The maximum absolute atomic E-state index is 12.1. The molecule has 2 atom stereocenters. The topological polar surface area (TPSA) is 58.4 Å². The van der Waals surface area contributed by atoms with Gasteiger partial charge in [0, 0.05) is 24.7 Å². The molecule has 1 heterocycles. The molecule has 0 radical (unpaired) electrons. The summed E-state index contributed by atoms with van der Waals surface area (Å²) in [4.78, 5) is 14.5. The van der Waals surface area contributed by atoms with Gasteiger partial charge >= 0.3 is 0 Å². The van der Waals surface area contributed by atoms with E-state index in [9.17, 15) is 4.79 Å². The Morgan fingerprint density at radius 2 is 2.14 bits per heavy atom. The van der Waals surface area contributed by atoms with E-state index in [0.717, 1.165) is 24.3 Å². The lowest BCUT2D eigenvalue weighted by molar-refractivity contribution is -0.121. The number of benzene rings is 1. The molecule has 2 rings (SSSR count). The second-order valence-electron chi connectivity index (χ2n) is 6.00. The smallest absolute Gasteiger partial charge is 0.220 e. The van der Waals surface area contributed by atoms with Gasteiger partial charge < -0.3 is 11.1 Å². The van der Waals surface area contributed by atoms with Crippen LogP contribution >= 0.6 is 0 Å². The largest absolute Gasteiger partial charge is 0.399 e. The lowest BCUT2D eigenvalue weighted by Crippen LogP contribution is -2.40. The molecule has 1 aliphatic heterocycles. The van der Waals surface area contributed by atoms with Crippen molar-refractivity contribution in [1.29, 1.82) is 0 Å². The lowest BCUT2D eigenvalue weighted by Gasteiger charge is -2.23. The Bertz CT molecular complexity index is 458. The molecule has 1 aromatic rings. The Balaban J connectivity index is 1.77. The van der Waals surface area contributed by atoms with Gasteiger partial charge in [-0.2, -0.15) is 0 Å². The highest BCUT2D eigenvalue weighted by Gasteiger charge is 2.23. The Morgan fingerprint density at radius 3 is 2.81 bits per heavy atom. The van der Waals surface area contributed by atoms with Crippen LogP contribution in [0.2, 0.25) is 0 Å². The van der Waals surface area contributed by atoms with Crippen LogP contribution in [0.3, 0.4) is 0 Å². The number of likely N-dealkylation sites (tertiary alicyclic amines) is 1. The second kappa shape index (κ2) is 7.46. The summed E-state index contributed by atoms with van der Waals surface area (Å²) < 4.78 is 0. The Labute approximate surface area is 127 Å². The summed E-state index contributed by atoms with van der Waals surface area (Å²) in [5.74, 6) is 0.360. The number of amides is 1. The summed E-state index contributed by atoms with van der Waals surface area (Å²) in [5.41, 5.74) is 7.61. The highest BCUT2D eigenvalue weighted by molar-refractivity contribution is 5.76. The number of nitrogens with zero attached hydrogens (tertiary/aromatic N) is 1. The van der Waals surface area contributed by atoms with E-state index in [-0.39, 0.29) is 11.8 Å². The van der Waals surface area contributed by atoms with Crippen LogP contribution in [-0.2, 0) is 4.79 Å². The molecule has 1 aromatic carbocycles. The summed E-state index contributed by atoms with van der Waals surface area (Å²) in [6.07, 6.45) is 2.97. The van der Waals surface area contributed by atoms with Crippen molar-refractivity contribution in [3.8, 4) is 0 Å². The molecule has 0 saturated carbocycles. The van der Waals surface area contributed by atoms with E-state index >= 15 is 0 Å². The number of hydrogen-bond acceptors (Lipinski definition) is 3. The number of carbonyl (C=O) groups is 1. The zero-order valence-electron chi connectivity index (χ0n) is 13.1. The highest BCUT2D eigenvalue weighted by atomic mass is 16.1. The predicted octanol–water partition coefficient (Wildman–Crippen LogP) is 2.36. The van der Waals surface area contributed by atoms with Crippen molar-refractivity contribution in [2.24, 2.45) is 0 Å². The summed E-state index contributed by atoms with van der Waals surface area (Å²) in [6.45, 7) is 7.28. The van der Waals surface area contributed by atoms with Crippen LogP contribution in [-0.4, -0.2) is 36.5 Å². The fourth-order valence-corrected chi connectivity index (χ4v) is 3.07. The van der Waals surface area contributed by atoms with Gasteiger partial charge in [0.05, 0.1) is 0 Å². The normalized spacial score (nSPS) is 20.4. The maximum atomic E-state index is 12.1. The standard InChI is InChI=1S/C17H27N3O/c1-3-20-10-4-5-16(20)12-19-17(21)11-13(2)14-6-8-15(18)9-7-14/h6-9,13,16H,3-5,10-12,18H2,1-2H3,(H,19,21). The first kappa shape index (κ1) is 15.8. The molecule has 0 aliphatic carbocycles. The van der Waals surface area contributed by atoms with Crippen LogP contribution < -0.4 is 11.1 Å². The average Bonchev–Trinajstić information content (AvgIpc) is 2.93. The van der Waals surface area contributed by atoms with Crippen molar-refractivity contribution in [3.63, 3.8) is 0 Å². The molecule has 1 amide bonds. The molecule has 0 bridgehead atoms. The third-order valence-corrected chi connectivity index (χ3v) is 4.44. The minimum atomic E-state index is 0.141. The summed E-state index contributed by atoms with van der Waals surface area (Å²) in [5, 5.41) is 3.10. The van der Waals surface area contributed by atoms with E-state index in [1.54, 1.807) is 0 Å². The molecular formula is C17H27N3O. The van der Waals surface area contributed by atoms with Crippen LogP contribution in [0.4, 0.5) is 5.69 Å². The number of nitrogen functional groups attached to an aromatic ring is 1. The molecule has 2 unspecified atom stereocenters. The van der Waals surface area contributed by atoms with Gasteiger partial charge in [0.1, 0.15) is 0 Å². The Morgan fingerprint density at radius 1 is 1.43 bits per heavy atom. The third kappa shape index (κ3) is 4.46. The summed E-state index contributed by atoms with van der Waals surface area (Å²) in [6, 6.07) is 8.31. The van der Waals surface area contributed by atoms with Crippen LogP contribution in [0.25, 0.3) is 0 Å². The number of rotatable bonds is 6. The Hall–Kier alpha value is -1.55. The van der Waals surface area contributed by atoms with Gasteiger partial charge in [-0.15, -0.1) is 0 Å². The van der Waals surface area contributed by atoms with Crippen molar-refractivity contribution in [3.05, 3.63) is 29.8 Å². The third-order valence-electron chi connectivity index (χ3n) is 4.44. The molecule has 3 N–H and O–H groups in total. The zero-order valence-corrected chi connectivity index (χ0v) is 13.1. The molecule has 1 fully saturated rings. The number of likely N-dealkylation sites (N-methyl/N-ethyl adjacent to an activating group) is 1. The highest BCUT2D eigenvalue weighted by Crippen LogP contribution is 2.20. The first-order valence-corrected chi connectivity index (χ1v) is 7.96. The fraction of sp³-hybridized carbons (Fsp3) is 0.588. The molecule has 0 aromatic heterocycles. The van der Waals surface area contributed by atoms with Crippen molar-refractivity contribution in [1.82, 2.24) is 10.2 Å². The molecule has 1 aliphatic rings. The quantitative estimate of drug-likeness (QED) is 0.790. The van der Waals surface area contributed by atoms with Crippen molar-refractivity contribution < 1.29 is 4.79 Å². The predicted molar refractivity (Wildman–Crippen MR) is 87.2 cm³/mol. The first-order valence-electron chi connectivity index (χ1n) is 7.96. The van der Waals surface area contributed by atoms with Crippen molar-refractivity contribution in [2.45, 2.75) is 45.1 Å². The molecule has 116 valence electrons. The van der Waals surface area contributed by atoms with Crippen molar-refractivity contribution >= 4 is 11.6 Å². The molecule has 0 spiro atoms.